The van der Waals surface area contributed by atoms with Crippen molar-refractivity contribution in [2.24, 2.45) is 5.92 Å². The SMILES string of the molecule is COCCOCC(NC(=O)c1cnc(OC)nc1)C1CCC(c2ccnc3ccc(F)cc23)CC1. The minimum absolute atomic E-state index is 0.158. The number of benzene rings is 1. The molecule has 1 fully saturated rings. The first-order valence-corrected chi connectivity index (χ1v) is 11.9. The van der Waals surface area contributed by atoms with Gasteiger partial charge in [-0.2, -0.15) is 0 Å². The fourth-order valence-corrected chi connectivity index (χ4v) is 4.77. The Morgan fingerprint density at radius 3 is 2.57 bits per heavy atom. The molecule has 1 N–H and O–H groups in total. The second-order valence-electron chi connectivity index (χ2n) is 8.78. The molecule has 35 heavy (non-hydrogen) atoms. The van der Waals surface area contributed by atoms with Crippen LogP contribution in [0.15, 0.2) is 42.9 Å². The monoisotopic (exact) mass is 482 g/mol. The summed E-state index contributed by atoms with van der Waals surface area (Å²) in [5, 5.41) is 4.00. The van der Waals surface area contributed by atoms with Gasteiger partial charge in [0.1, 0.15) is 5.82 Å². The first-order chi connectivity index (χ1) is 17.1. The largest absolute Gasteiger partial charge is 0.467 e. The minimum atomic E-state index is -0.251. The molecule has 1 aromatic carbocycles. The lowest BCUT2D eigenvalue weighted by Gasteiger charge is -2.34. The molecule has 2 heterocycles. The summed E-state index contributed by atoms with van der Waals surface area (Å²) in [6.45, 7) is 1.34. The lowest BCUT2D eigenvalue weighted by Crippen LogP contribution is -2.45. The van der Waals surface area contributed by atoms with E-state index in [9.17, 15) is 9.18 Å². The Morgan fingerprint density at radius 2 is 1.86 bits per heavy atom. The third-order valence-electron chi connectivity index (χ3n) is 6.64. The third kappa shape index (κ3) is 6.29. The molecule has 4 rings (SSSR count). The van der Waals surface area contributed by atoms with Crippen molar-refractivity contribution in [3.63, 3.8) is 0 Å². The van der Waals surface area contributed by atoms with Gasteiger partial charge >= 0.3 is 6.01 Å². The number of fused-ring (bicyclic) bond motifs is 1. The van der Waals surface area contributed by atoms with Crippen LogP contribution in [0.1, 0.15) is 47.5 Å². The van der Waals surface area contributed by atoms with Crippen molar-refractivity contribution in [1.82, 2.24) is 20.3 Å². The maximum absolute atomic E-state index is 13.9. The predicted molar refractivity (Wildman–Crippen MR) is 129 cm³/mol. The maximum atomic E-state index is 13.9. The van der Waals surface area contributed by atoms with Crippen molar-refractivity contribution in [2.45, 2.75) is 37.6 Å². The molecular weight excluding hydrogens is 451 g/mol. The van der Waals surface area contributed by atoms with Crippen LogP contribution in [0.25, 0.3) is 10.9 Å². The van der Waals surface area contributed by atoms with E-state index in [1.165, 1.54) is 25.6 Å². The Bertz CT molecular complexity index is 1120. The number of nitrogens with one attached hydrogen (secondary N) is 1. The Hall–Kier alpha value is -3.17. The van der Waals surface area contributed by atoms with Crippen molar-refractivity contribution in [3.05, 3.63) is 59.8 Å². The topological polar surface area (TPSA) is 95.5 Å². The van der Waals surface area contributed by atoms with Crippen LogP contribution in [0.2, 0.25) is 0 Å². The van der Waals surface area contributed by atoms with Crippen molar-refractivity contribution in [3.8, 4) is 6.01 Å². The molecule has 3 aromatic rings. The van der Waals surface area contributed by atoms with Gasteiger partial charge in [-0.3, -0.25) is 9.78 Å². The van der Waals surface area contributed by atoms with Crippen LogP contribution in [0.3, 0.4) is 0 Å². The number of hydrogen-bond acceptors (Lipinski definition) is 7. The summed E-state index contributed by atoms with van der Waals surface area (Å²) in [5.41, 5.74) is 2.32. The van der Waals surface area contributed by atoms with Crippen molar-refractivity contribution in [1.29, 1.82) is 0 Å². The number of carbonyl (C=O) groups is 1. The number of ether oxygens (including phenoxy) is 3. The van der Waals surface area contributed by atoms with E-state index in [1.54, 1.807) is 25.4 Å². The fraction of sp³-hybridized carbons (Fsp3) is 0.462. The van der Waals surface area contributed by atoms with E-state index in [-0.39, 0.29) is 29.7 Å². The van der Waals surface area contributed by atoms with Crippen LogP contribution in [-0.4, -0.2) is 60.9 Å². The Balaban J connectivity index is 1.43. The van der Waals surface area contributed by atoms with Gasteiger partial charge in [-0.25, -0.2) is 14.4 Å². The molecule has 1 aliphatic carbocycles. The first kappa shape index (κ1) is 24.9. The van der Waals surface area contributed by atoms with Crippen LogP contribution >= 0.6 is 0 Å². The Morgan fingerprint density at radius 1 is 1.09 bits per heavy atom. The van der Waals surface area contributed by atoms with Crippen molar-refractivity contribution in [2.75, 3.05) is 34.0 Å². The summed E-state index contributed by atoms with van der Waals surface area (Å²) in [6.07, 6.45) is 8.42. The zero-order valence-corrected chi connectivity index (χ0v) is 20.1. The zero-order chi connectivity index (χ0) is 24.6. The summed E-state index contributed by atoms with van der Waals surface area (Å²) in [7, 11) is 3.10. The number of pyridine rings is 1. The smallest absolute Gasteiger partial charge is 0.316 e. The number of methoxy groups -OCH3 is 2. The molecule has 1 saturated carbocycles. The summed E-state index contributed by atoms with van der Waals surface area (Å²) >= 11 is 0. The number of aromatic nitrogens is 3. The fourth-order valence-electron chi connectivity index (χ4n) is 4.77. The average molecular weight is 483 g/mol. The van der Waals surface area contributed by atoms with Gasteiger partial charge in [0.2, 0.25) is 0 Å². The van der Waals surface area contributed by atoms with E-state index in [0.29, 0.717) is 31.3 Å². The number of nitrogens with zero attached hydrogens (tertiary/aromatic N) is 3. The number of carbonyl (C=O) groups excluding carboxylic acids is 1. The lowest BCUT2D eigenvalue weighted by molar-refractivity contribution is 0.0422. The number of hydrogen-bond donors (Lipinski definition) is 1. The highest BCUT2D eigenvalue weighted by Crippen LogP contribution is 2.39. The second kappa shape index (κ2) is 12.0. The zero-order valence-electron chi connectivity index (χ0n) is 20.1. The van der Waals surface area contributed by atoms with Gasteiger partial charge in [-0.15, -0.1) is 0 Å². The van der Waals surface area contributed by atoms with E-state index < -0.39 is 0 Å². The standard InChI is InChI=1S/C26H31FN4O4/c1-33-11-12-35-16-24(31-25(32)19-14-29-26(34-2)30-15-19)18-5-3-17(4-6-18)21-9-10-28-23-8-7-20(27)13-22(21)23/h7-10,13-15,17-18,24H,3-6,11-12,16H2,1-2H3,(H,31,32). The molecule has 1 atom stereocenters. The van der Waals surface area contributed by atoms with E-state index in [1.807, 2.05) is 6.07 Å². The van der Waals surface area contributed by atoms with Gasteiger partial charge in [-0.05, 0) is 67.3 Å². The van der Waals surface area contributed by atoms with Crippen molar-refractivity contribution < 1.29 is 23.4 Å². The highest BCUT2D eigenvalue weighted by atomic mass is 19.1. The summed E-state index contributed by atoms with van der Waals surface area (Å²) in [5.74, 6) is 0.0747. The molecule has 0 radical (unpaired) electrons. The molecule has 1 amide bonds. The number of halogens is 1. The lowest BCUT2D eigenvalue weighted by atomic mass is 9.75. The van der Waals surface area contributed by atoms with Gasteiger partial charge in [-0.1, -0.05) is 0 Å². The highest BCUT2D eigenvalue weighted by Gasteiger charge is 2.30. The number of rotatable bonds is 10. The van der Waals surface area contributed by atoms with E-state index in [2.05, 4.69) is 20.3 Å². The van der Waals surface area contributed by atoms with Crippen molar-refractivity contribution >= 4 is 16.8 Å². The normalized spacial score (nSPS) is 18.8. The minimum Gasteiger partial charge on any atom is -0.467 e. The number of amides is 1. The Kier molecular flexibility index (Phi) is 8.54. The van der Waals surface area contributed by atoms with Gasteiger partial charge < -0.3 is 19.5 Å². The molecule has 0 saturated heterocycles. The van der Waals surface area contributed by atoms with E-state index in [0.717, 1.165) is 42.1 Å². The molecule has 1 unspecified atom stereocenters. The molecular formula is C26H31FN4O4. The predicted octanol–water partition coefficient (Wildman–Crippen LogP) is 3.91. The third-order valence-corrected chi connectivity index (χ3v) is 6.64. The van der Waals surface area contributed by atoms with Gasteiger partial charge in [0.05, 0.1) is 44.1 Å². The second-order valence-corrected chi connectivity index (χ2v) is 8.78. The Labute approximate surface area is 204 Å². The molecule has 8 nitrogen and oxygen atoms in total. The molecule has 1 aliphatic rings. The molecule has 0 bridgehead atoms. The van der Waals surface area contributed by atoms with Crippen LogP contribution in [0.5, 0.6) is 6.01 Å². The average Bonchev–Trinajstić information content (AvgIpc) is 2.90. The van der Waals surface area contributed by atoms with Gasteiger partial charge in [0.15, 0.2) is 0 Å². The van der Waals surface area contributed by atoms with Crippen LogP contribution < -0.4 is 10.1 Å². The maximum Gasteiger partial charge on any atom is 0.316 e. The molecule has 186 valence electrons. The quantitative estimate of drug-likeness (QED) is 0.438. The van der Waals surface area contributed by atoms with Crippen LogP contribution in [0.4, 0.5) is 4.39 Å². The summed E-state index contributed by atoms with van der Waals surface area (Å²) in [4.78, 5) is 25.3. The molecule has 0 aliphatic heterocycles. The summed E-state index contributed by atoms with van der Waals surface area (Å²) in [6, 6.07) is 6.81. The highest BCUT2D eigenvalue weighted by molar-refractivity contribution is 5.93. The van der Waals surface area contributed by atoms with E-state index >= 15 is 0 Å². The van der Waals surface area contributed by atoms with Crippen LogP contribution in [0, 0.1) is 11.7 Å². The molecule has 9 heteroatoms. The molecule has 2 aromatic heterocycles. The van der Waals surface area contributed by atoms with Gasteiger partial charge in [0, 0.05) is 31.1 Å². The summed E-state index contributed by atoms with van der Waals surface area (Å²) < 4.78 is 29.8. The van der Waals surface area contributed by atoms with Crippen LogP contribution in [-0.2, 0) is 9.47 Å². The van der Waals surface area contributed by atoms with E-state index in [4.69, 9.17) is 14.2 Å². The molecule has 0 spiro atoms. The first-order valence-electron chi connectivity index (χ1n) is 11.9. The van der Waals surface area contributed by atoms with Gasteiger partial charge in [0.25, 0.3) is 5.91 Å².